The molecule has 1 aromatic heterocycles. The lowest BCUT2D eigenvalue weighted by atomic mass is 10.1. The minimum atomic E-state index is -0.382. The van der Waals surface area contributed by atoms with Gasteiger partial charge >= 0.3 is 0 Å². The summed E-state index contributed by atoms with van der Waals surface area (Å²) < 4.78 is 14.4. The maximum atomic E-state index is 12.9. The van der Waals surface area contributed by atoms with Gasteiger partial charge < -0.3 is 4.57 Å². The number of rotatable bonds is 3. The van der Waals surface area contributed by atoms with Crippen LogP contribution in [-0.4, -0.2) is 10.4 Å². The number of aromatic nitrogens is 1. The fourth-order valence-corrected chi connectivity index (χ4v) is 1.22. The Hall–Kier alpha value is -1.38. The van der Waals surface area contributed by atoms with E-state index in [1.807, 2.05) is 6.92 Å². The van der Waals surface area contributed by atoms with E-state index in [2.05, 4.69) is 0 Å². The predicted molar refractivity (Wildman–Crippen MR) is 54.6 cm³/mol. The topological polar surface area (TPSA) is 22.0 Å². The number of ketones is 1. The van der Waals surface area contributed by atoms with E-state index in [4.69, 9.17) is 0 Å². The molecule has 0 saturated heterocycles. The van der Waals surface area contributed by atoms with Crippen LogP contribution in [-0.2, 0) is 0 Å². The average molecular weight is 195 g/mol. The van der Waals surface area contributed by atoms with Gasteiger partial charge in [-0.05, 0) is 6.92 Å². The molecule has 0 aliphatic carbocycles. The fraction of sp³-hybridized carbons (Fsp3) is 0.364. The minimum absolute atomic E-state index is 0.0491. The molecule has 0 fully saturated rings. The Labute approximate surface area is 83.0 Å². The molecule has 1 aromatic rings. The quantitative estimate of drug-likeness (QED) is 0.679. The molecule has 0 aromatic carbocycles. The highest BCUT2D eigenvalue weighted by Gasteiger charge is 2.15. The van der Waals surface area contributed by atoms with Crippen molar-refractivity contribution in [2.45, 2.75) is 20.8 Å². The first-order valence-electron chi connectivity index (χ1n) is 4.60. The van der Waals surface area contributed by atoms with Gasteiger partial charge in [-0.25, -0.2) is 4.39 Å². The third kappa shape index (κ3) is 2.10. The Kier molecular flexibility index (Phi) is 3.23. The van der Waals surface area contributed by atoms with E-state index < -0.39 is 0 Å². The molecule has 0 atom stereocenters. The summed E-state index contributed by atoms with van der Waals surface area (Å²) >= 11 is 0. The van der Waals surface area contributed by atoms with Crippen molar-refractivity contribution in [1.82, 2.24) is 4.57 Å². The number of carbonyl (C=O) groups is 1. The Morgan fingerprint density at radius 3 is 2.71 bits per heavy atom. The summed E-state index contributed by atoms with van der Waals surface area (Å²) in [7, 11) is 0. The zero-order chi connectivity index (χ0) is 10.7. The van der Waals surface area contributed by atoms with E-state index in [-0.39, 0.29) is 17.5 Å². The van der Waals surface area contributed by atoms with Crippen LogP contribution in [0.4, 0.5) is 4.39 Å². The monoisotopic (exact) mass is 195 g/mol. The number of hydrogen-bond acceptors (Lipinski definition) is 1. The molecule has 1 rings (SSSR count). The SMILES string of the molecule is CC=Cn1cc(F)cc1C(=O)C(C)C. The first kappa shape index (κ1) is 10.7. The van der Waals surface area contributed by atoms with E-state index in [9.17, 15) is 9.18 Å². The van der Waals surface area contributed by atoms with E-state index in [1.165, 1.54) is 16.8 Å². The van der Waals surface area contributed by atoms with Crippen molar-refractivity contribution in [3.05, 3.63) is 29.9 Å². The molecule has 0 radical (unpaired) electrons. The summed E-state index contributed by atoms with van der Waals surface area (Å²) in [4.78, 5) is 11.6. The Morgan fingerprint density at radius 2 is 2.21 bits per heavy atom. The molecule has 0 unspecified atom stereocenters. The lowest BCUT2D eigenvalue weighted by Gasteiger charge is -2.04. The molecule has 14 heavy (non-hydrogen) atoms. The van der Waals surface area contributed by atoms with Crippen molar-refractivity contribution in [2.75, 3.05) is 0 Å². The second kappa shape index (κ2) is 4.22. The van der Waals surface area contributed by atoms with Gasteiger partial charge in [0.25, 0.3) is 0 Å². The third-order valence-corrected chi connectivity index (χ3v) is 1.90. The second-order valence-electron chi connectivity index (χ2n) is 3.45. The van der Waals surface area contributed by atoms with Gasteiger partial charge in [-0.3, -0.25) is 4.79 Å². The molecular formula is C11H14FNO. The summed E-state index contributed by atoms with van der Waals surface area (Å²) in [5.74, 6) is -0.549. The number of nitrogens with zero attached hydrogens (tertiary/aromatic N) is 1. The molecule has 0 aliphatic heterocycles. The standard InChI is InChI=1S/C11H14FNO/c1-4-5-13-7-9(12)6-10(13)11(14)8(2)3/h4-8H,1-3H3. The number of hydrogen-bond donors (Lipinski definition) is 0. The molecule has 3 heteroatoms. The molecule has 0 saturated carbocycles. The van der Waals surface area contributed by atoms with Gasteiger partial charge in [0.1, 0.15) is 5.82 Å². The van der Waals surface area contributed by atoms with Crippen LogP contribution in [0.15, 0.2) is 18.3 Å². The highest BCUT2D eigenvalue weighted by Crippen LogP contribution is 2.13. The largest absolute Gasteiger partial charge is 0.318 e. The van der Waals surface area contributed by atoms with Crippen LogP contribution in [0.1, 0.15) is 31.3 Å². The smallest absolute Gasteiger partial charge is 0.182 e. The van der Waals surface area contributed by atoms with Crippen LogP contribution in [0.2, 0.25) is 0 Å². The van der Waals surface area contributed by atoms with Gasteiger partial charge in [-0.2, -0.15) is 0 Å². The zero-order valence-corrected chi connectivity index (χ0v) is 8.62. The number of carbonyl (C=O) groups excluding carboxylic acids is 1. The average Bonchev–Trinajstić information content (AvgIpc) is 2.46. The fourth-order valence-electron chi connectivity index (χ4n) is 1.22. The van der Waals surface area contributed by atoms with Crippen molar-refractivity contribution in [2.24, 2.45) is 5.92 Å². The number of Topliss-reactive ketones (excluding diaryl/α,β-unsaturated/α-hetero) is 1. The van der Waals surface area contributed by atoms with Crippen molar-refractivity contribution < 1.29 is 9.18 Å². The summed E-state index contributed by atoms with van der Waals surface area (Å²) in [5, 5.41) is 0. The third-order valence-electron chi connectivity index (χ3n) is 1.90. The van der Waals surface area contributed by atoms with E-state index in [0.717, 1.165) is 0 Å². The number of allylic oxidation sites excluding steroid dienone is 1. The highest BCUT2D eigenvalue weighted by atomic mass is 19.1. The zero-order valence-electron chi connectivity index (χ0n) is 8.62. The van der Waals surface area contributed by atoms with Gasteiger partial charge in [0.15, 0.2) is 5.78 Å². The van der Waals surface area contributed by atoms with Crippen molar-refractivity contribution in [3.63, 3.8) is 0 Å². The van der Waals surface area contributed by atoms with Crippen LogP contribution in [0.3, 0.4) is 0 Å². The van der Waals surface area contributed by atoms with Crippen LogP contribution in [0.25, 0.3) is 6.20 Å². The van der Waals surface area contributed by atoms with Crippen molar-refractivity contribution in [1.29, 1.82) is 0 Å². The summed E-state index contributed by atoms with van der Waals surface area (Å²) in [6.07, 6.45) is 4.73. The van der Waals surface area contributed by atoms with Crippen molar-refractivity contribution >= 4 is 12.0 Å². The molecule has 1 heterocycles. The maximum absolute atomic E-state index is 12.9. The molecule has 76 valence electrons. The maximum Gasteiger partial charge on any atom is 0.182 e. The molecule has 0 N–H and O–H groups in total. The second-order valence-corrected chi connectivity index (χ2v) is 3.45. The molecule has 0 amide bonds. The van der Waals surface area contributed by atoms with Crippen LogP contribution < -0.4 is 0 Å². The predicted octanol–water partition coefficient (Wildman–Crippen LogP) is 2.96. The Balaban J connectivity index is 3.12. The first-order chi connectivity index (χ1) is 6.56. The Morgan fingerprint density at radius 1 is 1.57 bits per heavy atom. The summed E-state index contributed by atoms with van der Waals surface area (Å²) in [6, 6.07) is 1.27. The van der Waals surface area contributed by atoms with Crippen LogP contribution in [0.5, 0.6) is 0 Å². The van der Waals surface area contributed by atoms with Gasteiger partial charge in [-0.1, -0.05) is 19.9 Å². The molecule has 2 nitrogen and oxygen atoms in total. The normalized spacial score (nSPS) is 11.5. The van der Waals surface area contributed by atoms with Crippen LogP contribution >= 0.6 is 0 Å². The van der Waals surface area contributed by atoms with E-state index >= 15 is 0 Å². The van der Waals surface area contributed by atoms with Crippen molar-refractivity contribution in [3.8, 4) is 0 Å². The lowest BCUT2D eigenvalue weighted by Crippen LogP contribution is -2.10. The van der Waals surface area contributed by atoms with Crippen LogP contribution in [0, 0.1) is 11.7 Å². The molecule has 0 bridgehead atoms. The molecular weight excluding hydrogens is 181 g/mol. The van der Waals surface area contributed by atoms with Gasteiger partial charge in [0.2, 0.25) is 0 Å². The first-order valence-corrected chi connectivity index (χ1v) is 4.60. The van der Waals surface area contributed by atoms with E-state index in [0.29, 0.717) is 5.69 Å². The lowest BCUT2D eigenvalue weighted by molar-refractivity contribution is 0.0933. The van der Waals surface area contributed by atoms with Gasteiger partial charge in [0.05, 0.1) is 5.69 Å². The minimum Gasteiger partial charge on any atom is -0.318 e. The summed E-state index contributed by atoms with van der Waals surface area (Å²) in [5.41, 5.74) is 0.399. The summed E-state index contributed by atoms with van der Waals surface area (Å²) in [6.45, 7) is 5.42. The van der Waals surface area contributed by atoms with Gasteiger partial charge in [0, 0.05) is 24.4 Å². The van der Waals surface area contributed by atoms with E-state index in [1.54, 1.807) is 26.1 Å². The number of halogens is 1. The van der Waals surface area contributed by atoms with Gasteiger partial charge in [-0.15, -0.1) is 0 Å². The highest BCUT2D eigenvalue weighted by molar-refractivity contribution is 5.96. The molecule has 0 aliphatic rings. The molecule has 0 spiro atoms. The Bertz CT molecular complexity index is 363.